The number of hydrogen-bond acceptors (Lipinski definition) is 2. The van der Waals surface area contributed by atoms with Crippen LogP contribution in [0.3, 0.4) is 0 Å². The maximum absolute atomic E-state index is 5.49. The second-order valence-corrected chi connectivity index (χ2v) is 3.01. The van der Waals surface area contributed by atoms with Crippen molar-refractivity contribution in [1.82, 2.24) is 9.78 Å². The van der Waals surface area contributed by atoms with E-state index in [1.807, 2.05) is 0 Å². The Morgan fingerprint density at radius 3 is 3.00 bits per heavy atom. The molecule has 0 saturated carbocycles. The molecule has 0 spiro atoms. The molecular formula is C8H14ClN3. The lowest BCUT2D eigenvalue weighted by atomic mass is 10.1. The topological polar surface area (TPSA) is 43.8 Å². The molecule has 1 aromatic rings. The largest absolute Gasteiger partial charge is 0.325 e. The van der Waals surface area contributed by atoms with Gasteiger partial charge in [-0.15, -0.1) is 12.4 Å². The van der Waals surface area contributed by atoms with Crippen LogP contribution >= 0.6 is 12.4 Å². The summed E-state index contributed by atoms with van der Waals surface area (Å²) in [5, 5.41) is 4.36. The van der Waals surface area contributed by atoms with Crippen molar-refractivity contribution in [3.8, 4) is 0 Å². The molecule has 2 N–H and O–H groups in total. The summed E-state index contributed by atoms with van der Waals surface area (Å²) in [5.74, 6) is 0. The lowest BCUT2D eigenvalue weighted by Gasteiger charge is -2.11. The molecule has 2 heterocycles. The monoisotopic (exact) mass is 187 g/mol. The summed E-state index contributed by atoms with van der Waals surface area (Å²) in [7, 11) is 0. The molecular weight excluding hydrogens is 174 g/mol. The maximum Gasteiger partial charge on any atom is 0.0763 e. The highest BCUT2D eigenvalue weighted by molar-refractivity contribution is 5.85. The smallest absolute Gasteiger partial charge is 0.0763 e. The number of aromatic nitrogens is 2. The number of nitrogens with zero attached hydrogens (tertiary/aromatic N) is 2. The molecule has 0 radical (unpaired) electrons. The molecule has 12 heavy (non-hydrogen) atoms. The van der Waals surface area contributed by atoms with Crippen molar-refractivity contribution >= 4 is 12.4 Å². The van der Waals surface area contributed by atoms with Gasteiger partial charge in [-0.2, -0.15) is 5.10 Å². The molecule has 2 rings (SSSR count). The molecule has 0 amide bonds. The van der Waals surface area contributed by atoms with Crippen LogP contribution in [-0.4, -0.2) is 9.78 Å². The SMILES string of the molecule is Cl.NCc1cc2n(n1)CCCC2. The van der Waals surface area contributed by atoms with E-state index in [2.05, 4.69) is 15.8 Å². The Bertz CT molecular complexity index is 233. The molecule has 68 valence electrons. The lowest BCUT2D eigenvalue weighted by molar-refractivity contribution is 0.483. The zero-order valence-electron chi connectivity index (χ0n) is 6.99. The van der Waals surface area contributed by atoms with Crippen molar-refractivity contribution in [1.29, 1.82) is 0 Å². The Morgan fingerprint density at radius 1 is 1.50 bits per heavy atom. The summed E-state index contributed by atoms with van der Waals surface area (Å²) in [5.41, 5.74) is 7.87. The van der Waals surface area contributed by atoms with Gasteiger partial charge in [0.05, 0.1) is 5.69 Å². The quantitative estimate of drug-likeness (QED) is 0.716. The molecule has 3 nitrogen and oxygen atoms in total. The first-order valence-corrected chi connectivity index (χ1v) is 4.16. The fourth-order valence-electron chi connectivity index (χ4n) is 1.58. The third-order valence-corrected chi connectivity index (χ3v) is 2.18. The van der Waals surface area contributed by atoms with Crippen molar-refractivity contribution in [2.24, 2.45) is 5.73 Å². The van der Waals surface area contributed by atoms with Gasteiger partial charge in [-0.25, -0.2) is 0 Å². The van der Waals surface area contributed by atoms with Gasteiger partial charge < -0.3 is 5.73 Å². The first-order chi connectivity index (χ1) is 5.40. The molecule has 0 fully saturated rings. The van der Waals surface area contributed by atoms with E-state index in [0.717, 1.165) is 12.2 Å². The van der Waals surface area contributed by atoms with Crippen LogP contribution in [0.2, 0.25) is 0 Å². The van der Waals surface area contributed by atoms with Crippen molar-refractivity contribution in [3.63, 3.8) is 0 Å². The third-order valence-electron chi connectivity index (χ3n) is 2.18. The van der Waals surface area contributed by atoms with Crippen LogP contribution < -0.4 is 5.73 Å². The molecule has 1 aliphatic rings. The average Bonchev–Trinajstić information content (AvgIpc) is 2.46. The van der Waals surface area contributed by atoms with Crippen LogP contribution in [0, 0.1) is 0 Å². The number of aryl methyl sites for hydroxylation is 2. The Morgan fingerprint density at radius 2 is 2.33 bits per heavy atom. The molecule has 4 heteroatoms. The number of rotatable bonds is 1. The molecule has 0 atom stereocenters. The van der Waals surface area contributed by atoms with E-state index >= 15 is 0 Å². The standard InChI is InChI=1S/C8H13N3.ClH/c9-6-7-5-8-3-1-2-4-11(8)10-7;/h5H,1-4,6,9H2;1H. The van der Waals surface area contributed by atoms with Crippen LogP contribution in [0.25, 0.3) is 0 Å². The van der Waals surface area contributed by atoms with Gasteiger partial charge in [-0.05, 0) is 25.3 Å². The van der Waals surface area contributed by atoms with Crippen molar-refractivity contribution < 1.29 is 0 Å². The number of hydrogen-bond donors (Lipinski definition) is 1. The summed E-state index contributed by atoms with van der Waals surface area (Å²) < 4.78 is 2.09. The van der Waals surface area contributed by atoms with E-state index in [4.69, 9.17) is 5.73 Å². The van der Waals surface area contributed by atoms with Gasteiger partial charge in [0.1, 0.15) is 0 Å². The van der Waals surface area contributed by atoms with E-state index in [9.17, 15) is 0 Å². The minimum Gasteiger partial charge on any atom is -0.325 e. The Labute approximate surface area is 78.4 Å². The normalized spacial score (nSPS) is 15.1. The van der Waals surface area contributed by atoms with Crippen LogP contribution in [0.5, 0.6) is 0 Å². The highest BCUT2D eigenvalue weighted by atomic mass is 35.5. The fourth-order valence-corrected chi connectivity index (χ4v) is 1.58. The summed E-state index contributed by atoms with van der Waals surface area (Å²) in [6, 6.07) is 2.12. The van der Waals surface area contributed by atoms with E-state index in [-0.39, 0.29) is 12.4 Å². The third kappa shape index (κ3) is 1.62. The second kappa shape index (κ2) is 3.92. The van der Waals surface area contributed by atoms with Gasteiger partial charge in [0.2, 0.25) is 0 Å². The molecule has 0 saturated heterocycles. The summed E-state index contributed by atoms with van der Waals surface area (Å²) >= 11 is 0. The van der Waals surface area contributed by atoms with E-state index < -0.39 is 0 Å². The molecule has 0 aliphatic carbocycles. The Balaban J connectivity index is 0.000000720. The minimum absolute atomic E-state index is 0. The number of fused-ring (bicyclic) bond motifs is 1. The first-order valence-electron chi connectivity index (χ1n) is 4.16. The molecule has 1 aromatic heterocycles. The van der Waals surface area contributed by atoms with Crippen LogP contribution in [0.15, 0.2) is 6.07 Å². The van der Waals surface area contributed by atoms with Gasteiger partial charge >= 0.3 is 0 Å². The van der Waals surface area contributed by atoms with Gasteiger partial charge in [0, 0.05) is 18.8 Å². The van der Waals surface area contributed by atoms with E-state index in [1.54, 1.807) is 0 Å². The predicted octanol–water partition coefficient (Wildman–Crippen LogP) is 1.10. The van der Waals surface area contributed by atoms with Gasteiger partial charge in [0.15, 0.2) is 0 Å². The zero-order valence-corrected chi connectivity index (χ0v) is 7.81. The molecule has 0 bridgehead atoms. The summed E-state index contributed by atoms with van der Waals surface area (Å²) in [6.45, 7) is 1.65. The average molecular weight is 188 g/mol. The lowest BCUT2D eigenvalue weighted by Crippen LogP contribution is -2.10. The first kappa shape index (κ1) is 9.55. The maximum atomic E-state index is 5.49. The van der Waals surface area contributed by atoms with Gasteiger partial charge in [0.25, 0.3) is 0 Å². The van der Waals surface area contributed by atoms with Crippen LogP contribution in [-0.2, 0) is 19.5 Å². The zero-order chi connectivity index (χ0) is 7.68. The van der Waals surface area contributed by atoms with Crippen molar-refractivity contribution in [3.05, 3.63) is 17.5 Å². The Kier molecular flexibility index (Phi) is 3.12. The number of halogens is 1. The Hall–Kier alpha value is -0.540. The number of nitrogens with two attached hydrogens (primary N) is 1. The minimum atomic E-state index is 0. The van der Waals surface area contributed by atoms with E-state index in [1.165, 1.54) is 25.0 Å². The molecule has 0 unspecified atom stereocenters. The van der Waals surface area contributed by atoms with Crippen LogP contribution in [0.1, 0.15) is 24.2 Å². The second-order valence-electron chi connectivity index (χ2n) is 3.01. The summed E-state index contributed by atoms with van der Waals surface area (Å²) in [6.07, 6.45) is 3.74. The molecule has 1 aliphatic heterocycles. The van der Waals surface area contributed by atoms with Crippen molar-refractivity contribution in [2.45, 2.75) is 32.4 Å². The van der Waals surface area contributed by atoms with E-state index in [0.29, 0.717) is 6.54 Å². The fraction of sp³-hybridized carbons (Fsp3) is 0.625. The van der Waals surface area contributed by atoms with Crippen LogP contribution in [0.4, 0.5) is 0 Å². The summed E-state index contributed by atoms with van der Waals surface area (Å²) in [4.78, 5) is 0. The van der Waals surface area contributed by atoms with Crippen molar-refractivity contribution in [2.75, 3.05) is 0 Å². The molecule has 0 aromatic carbocycles. The predicted molar refractivity (Wildman–Crippen MR) is 50.3 cm³/mol. The highest BCUT2D eigenvalue weighted by Crippen LogP contribution is 2.14. The highest BCUT2D eigenvalue weighted by Gasteiger charge is 2.10. The van der Waals surface area contributed by atoms with Gasteiger partial charge in [-0.1, -0.05) is 0 Å². The van der Waals surface area contributed by atoms with Gasteiger partial charge in [-0.3, -0.25) is 4.68 Å².